The van der Waals surface area contributed by atoms with Gasteiger partial charge in [-0.05, 0) is 43.2 Å². The average Bonchev–Trinajstić information content (AvgIpc) is 3.54. The fourth-order valence-electron chi connectivity index (χ4n) is 6.25. The summed E-state index contributed by atoms with van der Waals surface area (Å²) < 4.78 is 55.7. The van der Waals surface area contributed by atoms with E-state index in [1.54, 1.807) is 0 Å². The monoisotopic (exact) mass is 567 g/mol. The van der Waals surface area contributed by atoms with Crippen LogP contribution in [0.4, 0.5) is 17.6 Å². The first-order valence-corrected chi connectivity index (χ1v) is 13.1. The van der Waals surface area contributed by atoms with Gasteiger partial charge in [-0.2, -0.15) is 5.26 Å². The van der Waals surface area contributed by atoms with Crippen molar-refractivity contribution < 1.29 is 31.9 Å². The van der Waals surface area contributed by atoms with Crippen molar-refractivity contribution in [2.24, 2.45) is 17.8 Å². The molecule has 5 rings (SSSR count). The van der Waals surface area contributed by atoms with Crippen LogP contribution in [-0.4, -0.2) is 58.7 Å². The molecule has 1 aromatic heterocycles. The first-order chi connectivity index (χ1) is 18.5. The van der Waals surface area contributed by atoms with Gasteiger partial charge in [-0.3, -0.25) is 14.4 Å². The van der Waals surface area contributed by atoms with E-state index >= 15 is 0 Å². The van der Waals surface area contributed by atoms with Crippen molar-refractivity contribution in [1.29, 1.82) is 5.26 Å². The first kappa shape index (κ1) is 27.2. The molecule has 8 nitrogen and oxygen atoms in total. The molecule has 1 aliphatic carbocycles. The number of amides is 3. The molecule has 3 heterocycles. The van der Waals surface area contributed by atoms with Crippen molar-refractivity contribution in [2.75, 3.05) is 13.1 Å². The number of likely N-dealkylation sites (tertiary alicyclic amines) is 1. The molecular weight excluding hydrogens is 542 g/mol. The third-order valence-corrected chi connectivity index (χ3v) is 8.35. The zero-order valence-corrected chi connectivity index (χ0v) is 21.4. The van der Waals surface area contributed by atoms with E-state index in [4.69, 9.17) is 11.6 Å². The van der Waals surface area contributed by atoms with Crippen LogP contribution >= 0.6 is 11.6 Å². The highest BCUT2D eigenvalue weighted by atomic mass is 35.5. The summed E-state index contributed by atoms with van der Waals surface area (Å²) in [5.41, 5.74) is -0.319. The number of alkyl halides is 4. The molecule has 3 amide bonds. The van der Waals surface area contributed by atoms with Gasteiger partial charge in [-0.25, -0.2) is 17.6 Å². The molecule has 3 N–H and O–H groups in total. The molecule has 1 saturated carbocycles. The number of nitrogens with zero attached hydrogens (tertiary/aromatic N) is 2. The van der Waals surface area contributed by atoms with Crippen LogP contribution in [0, 0.1) is 29.1 Å². The Balaban J connectivity index is 1.42. The van der Waals surface area contributed by atoms with Crippen molar-refractivity contribution in [3.63, 3.8) is 0 Å². The van der Waals surface area contributed by atoms with Crippen molar-refractivity contribution in [3.8, 4) is 6.07 Å². The molecule has 3 aliphatic rings. The predicted molar refractivity (Wildman–Crippen MR) is 132 cm³/mol. The summed E-state index contributed by atoms with van der Waals surface area (Å²) in [6.07, 6.45) is -2.60. The minimum absolute atomic E-state index is 0.0445. The summed E-state index contributed by atoms with van der Waals surface area (Å²) in [5.74, 6) is -6.70. The topological polar surface area (TPSA) is 118 Å². The quantitative estimate of drug-likeness (QED) is 0.454. The summed E-state index contributed by atoms with van der Waals surface area (Å²) in [5, 5.41) is 15.1. The molecule has 3 fully saturated rings. The predicted octanol–water partition coefficient (Wildman–Crippen LogP) is 4.17. The van der Waals surface area contributed by atoms with Crippen LogP contribution in [-0.2, 0) is 9.59 Å². The third kappa shape index (κ3) is 5.16. The van der Waals surface area contributed by atoms with Gasteiger partial charge < -0.3 is 20.5 Å². The Morgan fingerprint density at radius 2 is 2.05 bits per heavy atom. The van der Waals surface area contributed by atoms with Crippen molar-refractivity contribution >= 4 is 40.2 Å². The second-order valence-electron chi connectivity index (χ2n) is 10.6. The number of halogens is 5. The number of fused-ring (bicyclic) bond motifs is 2. The number of nitriles is 1. The minimum atomic E-state index is -3.00. The highest BCUT2D eigenvalue weighted by molar-refractivity contribution is 6.35. The van der Waals surface area contributed by atoms with Crippen LogP contribution in [0.3, 0.4) is 0 Å². The number of nitrogens with one attached hydrogen (secondary N) is 3. The summed E-state index contributed by atoms with van der Waals surface area (Å²) in [4.78, 5) is 43.2. The molecule has 13 heteroatoms. The Hall–Kier alpha value is -3.33. The lowest BCUT2D eigenvalue weighted by atomic mass is 9.90. The molecule has 39 heavy (non-hydrogen) atoms. The van der Waals surface area contributed by atoms with E-state index in [9.17, 15) is 37.2 Å². The zero-order chi connectivity index (χ0) is 28.1. The third-order valence-electron chi connectivity index (χ3n) is 8.04. The Bertz CT molecular complexity index is 1360. The number of carbonyl (C=O) groups excluding carboxylic acids is 3. The first-order valence-electron chi connectivity index (χ1n) is 12.7. The van der Waals surface area contributed by atoms with Crippen molar-refractivity contribution in [2.45, 2.75) is 56.5 Å². The van der Waals surface area contributed by atoms with Crippen molar-refractivity contribution in [1.82, 2.24) is 20.5 Å². The molecule has 0 unspecified atom stereocenters. The number of aromatic nitrogens is 1. The van der Waals surface area contributed by atoms with E-state index < -0.39 is 66.8 Å². The van der Waals surface area contributed by atoms with Crippen LogP contribution < -0.4 is 10.6 Å². The summed E-state index contributed by atoms with van der Waals surface area (Å²) in [7, 11) is 0. The van der Waals surface area contributed by atoms with Gasteiger partial charge in [-0.1, -0.05) is 17.7 Å². The molecule has 2 aliphatic heterocycles. The van der Waals surface area contributed by atoms with E-state index in [0.717, 1.165) is 12.5 Å². The fourth-order valence-corrected chi connectivity index (χ4v) is 6.47. The Labute approximate surface area is 226 Å². The maximum atomic E-state index is 14.3. The Morgan fingerprint density at radius 3 is 2.74 bits per heavy atom. The van der Waals surface area contributed by atoms with Crippen molar-refractivity contribution in [3.05, 3.63) is 34.5 Å². The Kier molecular flexibility index (Phi) is 7.22. The standard InChI is InChI=1S/C26H26ClF4N5O3/c27-18-4-3-15(22(28)29)16-7-19(35-20(16)18)25(39)36-11-13-8-26(30,31)9-17(13)21(36)24(38)34-14(10-32)6-12-2-1-5-33-23(12)37/h3-4,7,12-14,17,21-22,35H,1-2,5-6,8-9,11H2,(H,33,37)(H,34,38)/t12-,13-,14+,17-,21+/m1/s1. The lowest BCUT2D eigenvalue weighted by molar-refractivity contribution is -0.129. The van der Waals surface area contributed by atoms with Crippen LogP contribution in [0.5, 0.6) is 0 Å². The highest BCUT2D eigenvalue weighted by Crippen LogP contribution is 2.50. The number of hydrogen-bond acceptors (Lipinski definition) is 4. The van der Waals surface area contributed by atoms with Gasteiger partial charge in [-0.15, -0.1) is 0 Å². The summed E-state index contributed by atoms with van der Waals surface area (Å²) >= 11 is 6.16. The summed E-state index contributed by atoms with van der Waals surface area (Å²) in [6.45, 7) is 0.400. The normalized spacial score (nSPS) is 26.8. The zero-order valence-electron chi connectivity index (χ0n) is 20.7. The van der Waals surface area contributed by atoms with E-state index in [1.807, 2.05) is 6.07 Å². The van der Waals surface area contributed by atoms with Gasteiger partial charge in [0, 0.05) is 42.8 Å². The smallest absolute Gasteiger partial charge is 0.271 e. The second kappa shape index (κ2) is 10.3. The molecule has 0 radical (unpaired) electrons. The highest BCUT2D eigenvalue weighted by Gasteiger charge is 2.58. The second-order valence-corrected chi connectivity index (χ2v) is 11.0. The molecule has 0 spiro atoms. The van der Waals surface area contributed by atoms with Gasteiger partial charge in [0.1, 0.15) is 17.8 Å². The van der Waals surface area contributed by atoms with Gasteiger partial charge >= 0.3 is 0 Å². The number of aromatic amines is 1. The molecule has 1 aromatic carbocycles. The van der Waals surface area contributed by atoms with Crippen LogP contribution in [0.15, 0.2) is 18.2 Å². The molecule has 5 atom stereocenters. The molecule has 2 saturated heterocycles. The number of piperidine rings is 1. The van der Waals surface area contributed by atoms with Gasteiger partial charge in [0.2, 0.25) is 17.7 Å². The van der Waals surface area contributed by atoms with E-state index in [2.05, 4.69) is 15.6 Å². The summed E-state index contributed by atoms with van der Waals surface area (Å²) in [6, 6.07) is 3.26. The SMILES string of the molecule is N#C[C@H](C[C@H]1CCCNC1=O)NC(=O)[C@@H]1[C@@H]2CC(F)(F)C[C@@H]2CN1C(=O)c1cc2c(C(F)F)ccc(Cl)c2[nH]1. The van der Waals surface area contributed by atoms with Crippen LogP contribution in [0.2, 0.25) is 5.02 Å². The molecule has 0 bridgehead atoms. The van der Waals surface area contributed by atoms with E-state index in [1.165, 1.54) is 17.0 Å². The average molecular weight is 568 g/mol. The lowest BCUT2D eigenvalue weighted by Gasteiger charge is -2.29. The maximum Gasteiger partial charge on any atom is 0.271 e. The number of rotatable bonds is 6. The Morgan fingerprint density at radius 1 is 1.28 bits per heavy atom. The van der Waals surface area contributed by atoms with E-state index in [-0.39, 0.29) is 46.1 Å². The van der Waals surface area contributed by atoms with Crippen LogP contribution in [0.25, 0.3) is 10.9 Å². The number of H-pyrrole nitrogens is 1. The van der Waals surface area contributed by atoms with Gasteiger partial charge in [0.15, 0.2) is 0 Å². The molecular formula is C26H26ClF4N5O3. The number of carbonyl (C=O) groups is 3. The lowest BCUT2D eigenvalue weighted by Crippen LogP contribution is -2.52. The van der Waals surface area contributed by atoms with E-state index in [0.29, 0.717) is 13.0 Å². The minimum Gasteiger partial charge on any atom is -0.356 e. The number of benzene rings is 1. The van der Waals surface area contributed by atoms with Gasteiger partial charge in [0.05, 0.1) is 16.6 Å². The largest absolute Gasteiger partial charge is 0.356 e. The number of hydrogen-bond donors (Lipinski definition) is 3. The maximum absolute atomic E-state index is 14.3. The van der Waals surface area contributed by atoms with Crippen LogP contribution in [0.1, 0.15) is 54.6 Å². The molecule has 208 valence electrons. The fraction of sp³-hybridized carbons (Fsp3) is 0.538. The van der Waals surface area contributed by atoms with Gasteiger partial charge in [0.25, 0.3) is 12.3 Å². The molecule has 2 aromatic rings.